The zero-order valence-electron chi connectivity index (χ0n) is 12.6. The molecule has 2 aliphatic heterocycles. The van der Waals surface area contributed by atoms with Crippen LogP contribution < -0.4 is 14.8 Å². The predicted octanol–water partition coefficient (Wildman–Crippen LogP) is 3.17. The summed E-state index contributed by atoms with van der Waals surface area (Å²) in [5, 5.41) is 3.40. The van der Waals surface area contributed by atoms with E-state index in [4.69, 9.17) is 9.47 Å². The van der Waals surface area contributed by atoms with Crippen LogP contribution >= 0.6 is 0 Å². The normalized spacial score (nSPS) is 21.3. The van der Waals surface area contributed by atoms with Crippen LogP contribution in [0.3, 0.4) is 0 Å². The number of piperidine rings is 1. The Hall–Kier alpha value is -1.22. The Kier molecular flexibility index (Phi) is 3.88. The minimum atomic E-state index is -0.100. The summed E-state index contributed by atoms with van der Waals surface area (Å²) in [5.41, 5.74) is 1.17. The van der Waals surface area contributed by atoms with Crippen LogP contribution in [0.25, 0.3) is 0 Å². The Morgan fingerprint density at radius 2 is 2.10 bits per heavy atom. The molecular weight excluding hydrogens is 250 g/mol. The van der Waals surface area contributed by atoms with Gasteiger partial charge in [0.1, 0.15) is 5.60 Å². The van der Waals surface area contributed by atoms with Crippen LogP contribution in [0.5, 0.6) is 11.5 Å². The highest BCUT2D eigenvalue weighted by Gasteiger charge is 2.32. The first-order chi connectivity index (χ1) is 9.64. The standard InChI is InChI=1S/C17H25NO2/c1-17(2)12-14-4-3-5-15(16(14)20-17)19-11-8-13-6-9-18-10-7-13/h3-5,13,18H,6-12H2,1-2H3. The van der Waals surface area contributed by atoms with Crippen molar-refractivity contribution in [3.05, 3.63) is 23.8 Å². The molecule has 1 saturated heterocycles. The summed E-state index contributed by atoms with van der Waals surface area (Å²) in [5.74, 6) is 2.69. The molecule has 2 heterocycles. The molecule has 20 heavy (non-hydrogen) atoms. The molecule has 0 bridgehead atoms. The Morgan fingerprint density at radius 1 is 1.30 bits per heavy atom. The number of para-hydroxylation sites is 1. The van der Waals surface area contributed by atoms with Gasteiger partial charge in [-0.2, -0.15) is 0 Å². The first-order valence-electron chi connectivity index (χ1n) is 7.78. The molecule has 3 heteroatoms. The Bertz CT molecular complexity index is 464. The van der Waals surface area contributed by atoms with E-state index in [0.29, 0.717) is 0 Å². The number of hydrogen-bond acceptors (Lipinski definition) is 3. The van der Waals surface area contributed by atoms with Gasteiger partial charge in [-0.25, -0.2) is 0 Å². The second-order valence-electron chi connectivity index (χ2n) is 6.61. The first-order valence-corrected chi connectivity index (χ1v) is 7.78. The Balaban J connectivity index is 1.57. The molecule has 1 fully saturated rings. The molecule has 0 aromatic heterocycles. The number of hydrogen-bond donors (Lipinski definition) is 1. The minimum Gasteiger partial charge on any atom is -0.490 e. The lowest BCUT2D eigenvalue weighted by molar-refractivity contribution is 0.131. The van der Waals surface area contributed by atoms with Crippen LogP contribution in [0.4, 0.5) is 0 Å². The highest BCUT2D eigenvalue weighted by molar-refractivity contribution is 5.50. The van der Waals surface area contributed by atoms with Gasteiger partial charge in [0.05, 0.1) is 6.61 Å². The van der Waals surface area contributed by atoms with Crippen molar-refractivity contribution in [1.29, 1.82) is 0 Å². The van der Waals surface area contributed by atoms with E-state index in [1.807, 2.05) is 6.07 Å². The lowest BCUT2D eigenvalue weighted by atomic mass is 9.95. The molecule has 0 spiro atoms. The Morgan fingerprint density at radius 3 is 2.90 bits per heavy atom. The van der Waals surface area contributed by atoms with Crippen molar-refractivity contribution in [2.24, 2.45) is 5.92 Å². The van der Waals surface area contributed by atoms with Crippen molar-refractivity contribution in [3.63, 3.8) is 0 Å². The van der Waals surface area contributed by atoms with Gasteiger partial charge in [-0.1, -0.05) is 12.1 Å². The molecule has 0 atom stereocenters. The molecule has 1 aromatic carbocycles. The van der Waals surface area contributed by atoms with E-state index >= 15 is 0 Å². The third kappa shape index (κ3) is 3.09. The molecule has 0 unspecified atom stereocenters. The van der Waals surface area contributed by atoms with Gasteiger partial charge in [-0.3, -0.25) is 0 Å². The summed E-state index contributed by atoms with van der Waals surface area (Å²) in [6.45, 7) is 7.37. The minimum absolute atomic E-state index is 0.100. The largest absolute Gasteiger partial charge is 0.490 e. The van der Waals surface area contributed by atoms with Gasteiger partial charge in [-0.15, -0.1) is 0 Å². The van der Waals surface area contributed by atoms with E-state index in [1.54, 1.807) is 0 Å². The molecule has 0 radical (unpaired) electrons. The second kappa shape index (κ2) is 5.65. The second-order valence-corrected chi connectivity index (χ2v) is 6.61. The van der Waals surface area contributed by atoms with E-state index in [9.17, 15) is 0 Å². The van der Waals surface area contributed by atoms with E-state index < -0.39 is 0 Å². The summed E-state index contributed by atoms with van der Waals surface area (Å²) >= 11 is 0. The van der Waals surface area contributed by atoms with Crippen LogP contribution in [-0.4, -0.2) is 25.3 Å². The smallest absolute Gasteiger partial charge is 0.165 e. The molecule has 0 amide bonds. The predicted molar refractivity (Wildman–Crippen MR) is 80.6 cm³/mol. The van der Waals surface area contributed by atoms with Gasteiger partial charge < -0.3 is 14.8 Å². The molecular formula is C17H25NO2. The molecule has 2 aliphatic rings. The lowest BCUT2D eigenvalue weighted by Gasteiger charge is -2.23. The summed E-state index contributed by atoms with van der Waals surface area (Å²) in [6, 6.07) is 6.25. The molecule has 0 aliphatic carbocycles. The average molecular weight is 275 g/mol. The van der Waals surface area contributed by atoms with E-state index in [1.165, 1.54) is 18.4 Å². The van der Waals surface area contributed by atoms with Crippen LogP contribution in [0, 0.1) is 5.92 Å². The molecule has 0 saturated carbocycles. The van der Waals surface area contributed by atoms with Crippen molar-refractivity contribution in [2.45, 2.75) is 45.1 Å². The maximum absolute atomic E-state index is 6.03. The van der Waals surface area contributed by atoms with E-state index in [0.717, 1.165) is 50.0 Å². The fourth-order valence-electron chi connectivity index (χ4n) is 3.21. The SMILES string of the molecule is CC1(C)Cc2cccc(OCCC3CCNCC3)c2O1. The third-order valence-corrected chi connectivity index (χ3v) is 4.30. The van der Waals surface area contributed by atoms with Gasteiger partial charge in [-0.05, 0) is 58.2 Å². The highest BCUT2D eigenvalue weighted by Crippen LogP contribution is 2.41. The summed E-state index contributed by atoms with van der Waals surface area (Å²) in [7, 11) is 0. The number of fused-ring (bicyclic) bond motifs is 1. The van der Waals surface area contributed by atoms with Gasteiger partial charge in [0, 0.05) is 12.0 Å². The Labute approximate surface area is 121 Å². The van der Waals surface area contributed by atoms with Crippen molar-refractivity contribution < 1.29 is 9.47 Å². The van der Waals surface area contributed by atoms with Crippen molar-refractivity contribution >= 4 is 0 Å². The molecule has 1 N–H and O–H groups in total. The fraction of sp³-hybridized carbons (Fsp3) is 0.647. The average Bonchev–Trinajstić information content (AvgIpc) is 2.75. The molecule has 110 valence electrons. The highest BCUT2D eigenvalue weighted by atomic mass is 16.5. The quantitative estimate of drug-likeness (QED) is 0.915. The lowest BCUT2D eigenvalue weighted by Crippen LogP contribution is -2.28. The van der Waals surface area contributed by atoms with Crippen LogP contribution in [0.1, 0.15) is 38.7 Å². The number of ether oxygens (including phenoxy) is 2. The molecule has 3 rings (SSSR count). The van der Waals surface area contributed by atoms with Crippen LogP contribution in [0.15, 0.2) is 18.2 Å². The topological polar surface area (TPSA) is 30.5 Å². The zero-order chi connectivity index (χ0) is 14.0. The zero-order valence-corrected chi connectivity index (χ0v) is 12.6. The fourth-order valence-corrected chi connectivity index (χ4v) is 3.21. The van der Waals surface area contributed by atoms with Gasteiger partial charge in [0.2, 0.25) is 0 Å². The first kappa shape index (κ1) is 13.7. The van der Waals surface area contributed by atoms with Crippen LogP contribution in [-0.2, 0) is 6.42 Å². The summed E-state index contributed by atoms with van der Waals surface area (Å²) in [6.07, 6.45) is 4.67. The molecule has 3 nitrogen and oxygen atoms in total. The van der Waals surface area contributed by atoms with Gasteiger partial charge >= 0.3 is 0 Å². The number of benzene rings is 1. The van der Waals surface area contributed by atoms with Crippen LogP contribution in [0.2, 0.25) is 0 Å². The van der Waals surface area contributed by atoms with Crippen molar-refractivity contribution in [1.82, 2.24) is 5.32 Å². The number of nitrogens with one attached hydrogen (secondary N) is 1. The molecule has 1 aromatic rings. The summed E-state index contributed by atoms with van der Waals surface area (Å²) < 4.78 is 12.0. The van der Waals surface area contributed by atoms with Gasteiger partial charge in [0.25, 0.3) is 0 Å². The maximum atomic E-state index is 6.03. The van der Waals surface area contributed by atoms with Crippen molar-refractivity contribution in [2.75, 3.05) is 19.7 Å². The van der Waals surface area contributed by atoms with E-state index in [-0.39, 0.29) is 5.60 Å². The monoisotopic (exact) mass is 275 g/mol. The van der Waals surface area contributed by atoms with E-state index in [2.05, 4.69) is 31.3 Å². The van der Waals surface area contributed by atoms with Gasteiger partial charge in [0.15, 0.2) is 11.5 Å². The van der Waals surface area contributed by atoms with Crippen molar-refractivity contribution in [3.8, 4) is 11.5 Å². The summed E-state index contributed by atoms with van der Waals surface area (Å²) in [4.78, 5) is 0. The maximum Gasteiger partial charge on any atom is 0.165 e. The third-order valence-electron chi connectivity index (χ3n) is 4.30. The number of rotatable bonds is 4.